The first-order valence-corrected chi connectivity index (χ1v) is 26.3. The molecule has 372 valence electrons. The minimum Gasteiger partial charge on any atom is -0.481 e. The van der Waals surface area contributed by atoms with E-state index in [0.29, 0.717) is 89.3 Å². The quantitative estimate of drug-likeness (QED) is 0.117. The predicted octanol–water partition coefficient (Wildman–Crippen LogP) is 10.3. The van der Waals surface area contributed by atoms with Crippen LogP contribution in [0.5, 0.6) is 0 Å². The van der Waals surface area contributed by atoms with Gasteiger partial charge in [-0.05, 0) is 207 Å². The van der Waals surface area contributed by atoms with Crippen molar-refractivity contribution in [2.75, 3.05) is 14.2 Å². The molecule has 8 rings (SSSR count). The van der Waals surface area contributed by atoms with Crippen molar-refractivity contribution in [3.63, 3.8) is 0 Å². The van der Waals surface area contributed by atoms with Crippen molar-refractivity contribution in [1.29, 1.82) is 0 Å². The third-order valence-corrected chi connectivity index (χ3v) is 22.1. The molecular weight excluding hydrogens is 828 g/mol. The van der Waals surface area contributed by atoms with E-state index in [1.54, 1.807) is 0 Å². The molecule has 0 aliphatic heterocycles. The maximum atomic E-state index is 11.8. The Morgan fingerprint density at radius 3 is 1.28 bits per heavy atom. The number of aliphatic carboxylic acids is 1. The van der Waals surface area contributed by atoms with Gasteiger partial charge in [0, 0.05) is 20.0 Å². The fourth-order valence-electron chi connectivity index (χ4n) is 19.1. The molecule has 8 aliphatic carbocycles. The smallest absolute Gasteiger partial charge is 0.305 e. The standard InChI is InChI=1S/C27H46O4.C26H44O4.CH4O.ClH/c1-6-18-22-15-17(28)11-13-27(22,4)21-12-14-26(3)19(16(2)7-10-23(29)31-5)8-9-20(26)24(21)25(18)30;1-5-17-21-14-16(27)10-12-26(21,4)20-11-13-25(3)18(15(2)6-9-22(28)29)7-8-19(25)23(20)24(17)30;1-2;/h16-22,24-25,28,30H,6-15H2,1-5H3;15-21,23-24,27,30H,5-14H2,1-4H3,(H,28,29);2H,1H3;1H/t16-,17-,18-,19-,20+,21+,22+,24+,25-,26-,27-;15-,16-,17-,18-,19+,20+,21+,23+,24-,25-,26-;;/m11../s1. The molecule has 0 radical (unpaired) electrons. The van der Waals surface area contributed by atoms with Crippen molar-refractivity contribution >= 4 is 24.3 Å². The summed E-state index contributed by atoms with van der Waals surface area (Å²) in [5.74, 6) is 5.98. The normalized spacial score (nSPS) is 48.5. The first kappa shape index (κ1) is 54.0. The van der Waals surface area contributed by atoms with Crippen LogP contribution in [0.4, 0.5) is 0 Å². The molecule has 8 fully saturated rings. The SMILES string of the molecule is CC[C@H]1[C@@H](O)[C@@H]2[C@H](CC[C@]3(C)[C@@H]([C@H](C)CCC(=O)O)CC[C@@H]23)[C@@]2(C)CC[C@@H](O)C[C@@H]12.CC[C@H]1[C@@H](O)[C@@H]2[C@H](CC[C@]3(C)[C@@H]([C@H](C)CCC(=O)OC)CC[C@@H]23)[C@@]2(C)CC[C@@H](O)C[C@@H]12.CO.Cl. The Morgan fingerprint density at radius 1 is 0.562 bits per heavy atom. The molecule has 10 heteroatoms. The highest BCUT2D eigenvalue weighted by Gasteiger charge is 2.66. The second-order valence-corrected chi connectivity index (χ2v) is 24.2. The van der Waals surface area contributed by atoms with Crippen molar-refractivity contribution in [2.24, 2.45) is 105 Å². The highest BCUT2D eigenvalue weighted by molar-refractivity contribution is 5.85. The van der Waals surface area contributed by atoms with Gasteiger partial charge in [0.2, 0.25) is 0 Å². The molecule has 64 heavy (non-hydrogen) atoms. The van der Waals surface area contributed by atoms with E-state index >= 15 is 0 Å². The Kier molecular flexibility index (Phi) is 18.0. The topological polar surface area (TPSA) is 165 Å². The Morgan fingerprint density at radius 2 is 0.922 bits per heavy atom. The third-order valence-electron chi connectivity index (χ3n) is 22.1. The molecule has 0 aromatic heterocycles. The van der Waals surface area contributed by atoms with Crippen molar-refractivity contribution < 1.29 is 45.0 Å². The number of rotatable bonds is 10. The van der Waals surface area contributed by atoms with Gasteiger partial charge in [0.05, 0.1) is 31.5 Å². The van der Waals surface area contributed by atoms with Gasteiger partial charge in [0.15, 0.2) is 0 Å². The number of carboxylic acid groups (broad SMARTS) is 1. The van der Waals surface area contributed by atoms with Crippen molar-refractivity contribution in [3.8, 4) is 0 Å². The molecule has 22 atom stereocenters. The van der Waals surface area contributed by atoms with Gasteiger partial charge in [-0.15, -0.1) is 12.4 Å². The van der Waals surface area contributed by atoms with Crippen LogP contribution in [0, 0.1) is 105 Å². The molecule has 8 aliphatic rings. The summed E-state index contributed by atoms with van der Waals surface area (Å²) in [6, 6.07) is 0. The second kappa shape index (κ2) is 21.3. The van der Waals surface area contributed by atoms with E-state index in [1.165, 1.54) is 58.5 Å². The van der Waals surface area contributed by atoms with Gasteiger partial charge in [0.1, 0.15) is 0 Å². The maximum Gasteiger partial charge on any atom is 0.305 e. The Hall–Kier alpha value is -0.970. The molecule has 0 unspecified atom stereocenters. The van der Waals surface area contributed by atoms with Crippen LogP contribution in [-0.4, -0.2) is 81.2 Å². The molecule has 0 aromatic carbocycles. The summed E-state index contributed by atoms with van der Waals surface area (Å²) in [7, 11) is 2.48. The molecule has 0 heterocycles. The van der Waals surface area contributed by atoms with Gasteiger partial charge >= 0.3 is 11.9 Å². The number of carbonyl (C=O) groups is 2. The minimum atomic E-state index is -0.683. The summed E-state index contributed by atoms with van der Waals surface area (Å²) in [5, 5.41) is 60.5. The lowest BCUT2D eigenvalue weighted by atomic mass is 9.41. The van der Waals surface area contributed by atoms with Crippen LogP contribution in [0.3, 0.4) is 0 Å². The number of halogens is 1. The van der Waals surface area contributed by atoms with Gasteiger partial charge in [-0.3, -0.25) is 9.59 Å². The van der Waals surface area contributed by atoms with E-state index in [0.717, 1.165) is 71.3 Å². The number of aliphatic hydroxyl groups excluding tert-OH is 5. The number of aliphatic hydroxyl groups is 5. The molecule has 0 aromatic rings. The Labute approximate surface area is 394 Å². The minimum absolute atomic E-state index is 0. The van der Waals surface area contributed by atoms with Gasteiger partial charge in [-0.25, -0.2) is 0 Å². The lowest BCUT2D eigenvalue weighted by Gasteiger charge is -2.64. The number of hydrogen-bond donors (Lipinski definition) is 6. The van der Waals surface area contributed by atoms with Gasteiger partial charge < -0.3 is 35.4 Å². The second-order valence-electron chi connectivity index (χ2n) is 24.2. The number of hydrogen-bond acceptors (Lipinski definition) is 8. The number of carbonyl (C=O) groups excluding carboxylic acids is 1. The fourth-order valence-corrected chi connectivity index (χ4v) is 19.1. The number of carboxylic acids is 1. The first-order valence-electron chi connectivity index (χ1n) is 26.3. The zero-order valence-corrected chi connectivity index (χ0v) is 42.7. The number of esters is 1. The van der Waals surface area contributed by atoms with Gasteiger partial charge in [-0.1, -0.05) is 68.2 Å². The largest absolute Gasteiger partial charge is 0.481 e. The lowest BCUT2D eigenvalue weighted by molar-refractivity contribution is -0.203. The van der Waals surface area contributed by atoms with E-state index in [2.05, 4.69) is 55.4 Å². The Balaban J connectivity index is 0.000000229. The summed E-state index contributed by atoms with van der Waals surface area (Å²) in [4.78, 5) is 22.8. The van der Waals surface area contributed by atoms with E-state index in [4.69, 9.17) is 14.9 Å². The Bertz CT molecular complexity index is 1550. The summed E-state index contributed by atoms with van der Waals surface area (Å²) >= 11 is 0. The summed E-state index contributed by atoms with van der Waals surface area (Å²) in [6.45, 7) is 19.0. The lowest BCUT2D eigenvalue weighted by Crippen LogP contribution is -2.62. The van der Waals surface area contributed by atoms with Crippen LogP contribution in [0.1, 0.15) is 184 Å². The third kappa shape index (κ3) is 9.39. The van der Waals surface area contributed by atoms with Crippen LogP contribution in [0.15, 0.2) is 0 Å². The first-order chi connectivity index (χ1) is 29.8. The van der Waals surface area contributed by atoms with Crippen molar-refractivity contribution in [1.82, 2.24) is 0 Å². The summed E-state index contributed by atoms with van der Waals surface area (Å²) in [6.07, 6.45) is 19.1. The molecule has 0 bridgehead atoms. The molecule has 0 saturated heterocycles. The van der Waals surface area contributed by atoms with Crippen LogP contribution < -0.4 is 0 Å². The van der Waals surface area contributed by atoms with Crippen LogP contribution in [0.2, 0.25) is 0 Å². The highest BCUT2D eigenvalue weighted by Crippen LogP contribution is 2.71. The maximum absolute atomic E-state index is 11.8. The van der Waals surface area contributed by atoms with Gasteiger partial charge in [0.25, 0.3) is 0 Å². The molecular formula is C54H95ClO9. The van der Waals surface area contributed by atoms with Crippen LogP contribution in [-0.2, 0) is 14.3 Å². The summed E-state index contributed by atoms with van der Waals surface area (Å²) in [5.41, 5.74) is 1.01. The molecule has 6 N–H and O–H groups in total. The van der Waals surface area contributed by atoms with Crippen molar-refractivity contribution in [3.05, 3.63) is 0 Å². The molecule has 8 saturated carbocycles. The number of fused-ring (bicyclic) bond motifs is 10. The van der Waals surface area contributed by atoms with Gasteiger partial charge in [-0.2, -0.15) is 0 Å². The number of ether oxygens (including phenoxy) is 1. The van der Waals surface area contributed by atoms with Crippen molar-refractivity contribution in [2.45, 2.75) is 208 Å². The molecule has 0 spiro atoms. The van der Waals surface area contributed by atoms with Crippen LogP contribution in [0.25, 0.3) is 0 Å². The fraction of sp³-hybridized carbons (Fsp3) is 0.963. The van der Waals surface area contributed by atoms with Crippen LogP contribution >= 0.6 is 12.4 Å². The highest BCUT2D eigenvalue weighted by atomic mass is 35.5. The number of methoxy groups -OCH3 is 1. The summed E-state index contributed by atoms with van der Waals surface area (Å²) < 4.78 is 4.88. The zero-order chi connectivity index (χ0) is 46.4. The van der Waals surface area contributed by atoms with E-state index in [9.17, 15) is 30.0 Å². The van der Waals surface area contributed by atoms with E-state index < -0.39 is 5.97 Å². The van der Waals surface area contributed by atoms with E-state index in [1.807, 2.05) is 0 Å². The average Bonchev–Trinajstić information content (AvgIpc) is 3.81. The molecule has 0 amide bonds. The zero-order valence-electron chi connectivity index (χ0n) is 41.9. The predicted molar refractivity (Wildman–Crippen MR) is 255 cm³/mol. The average molecular weight is 924 g/mol. The monoisotopic (exact) mass is 923 g/mol. The molecule has 9 nitrogen and oxygen atoms in total. The van der Waals surface area contributed by atoms with E-state index in [-0.39, 0.29) is 70.9 Å².